The highest BCUT2D eigenvalue weighted by molar-refractivity contribution is 7.89. The Morgan fingerprint density at radius 3 is 2.60 bits per heavy atom. The van der Waals surface area contributed by atoms with E-state index in [1.807, 2.05) is 18.2 Å². The standard InChI is InChI=1S/C23H30FNO4S/c1-16(19-7-10-22(24)23(15-19)29-2)13-17-3-4-20(14-17)18-5-8-21(9-6-18)30(27,28)25-11-12-26/h5-10,15-17,20,25-26H,3-4,11-14H2,1-2H3/t16-,17?,20-/m0/s1. The number of rotatable bonds is 9. The number of methoxy groups -OCH3 is 1. The molecule has 164 valence electrons. The molecule has 1 aliphatic rings. The maximum atomic E-state index is 13.7. The van der Waals surface area contributed by atoms with Crippen molar-refractivity contribution in [3.05, 3.63) is 59.4 Å². The average molecular weight is 436 g/mol. The number of nitrogens with one attached hydrogen (secondary N) is 1. The summed E-state index contributed by atoms with van der Waals surface area (Å²) in [4.78, 5) is 0.216. The minimum atomic E-state index is -3.58. The van der Waals surface area contributed by atoms with E-state index in [-0.39, 0.29) is 29.6 Å². The van der Waals surface area contributed by atoms with Crippen LogP contribution in [0.15, 0.2) is 47.4 Å². The zero-order valence-corrected chi connectivity index (χ0v) is 18.3. The summed E-state index contributed by atoms with van der Waals surface area (Å²) in [6.45, 7) is 1.94. The summed E-state index contributed by atoms with van der Waals surface area (Å²) in [7, 11) is -2.10. The second-order valence-electron chi connectivity index (χ2n) is 8.10. The average Bonchev–Trinajstić information content (AvgIpc) is 3.21. The zero-order valence-electron chi connectivity index (χ0n) is 17.5. The normalized spacial score (nSPS) is 20.3. The summed E-state index contributed by atoms with van der Waals surface area (Å²) in [6.07, 6.45) is 4.31. The minimum absolute atomic E-state index is 0.00645. The highest BCUT2D eigenvalue weighted by Gasteiger charge is 2.28. The Balaban J connectivity index is 1.60. The van der Waals surface area contributed by atoms with Crippen LogP contribution in [-0.4, -0.2) is 33.8 Å². The van der Waals surface area contributed by atoms with Gasteiger partial charge in [-0.15, -0.1) is 0 Å². The van der Waals surface area contributed by atoms with Crippen molar-refractivity contribution in [1.82, 2.24) is 4.72 Å². The fraction of sp³-hybridized carbons (Fsp3) is 0.478. The van der Waals surface area contributed by atoms with Gasteiger partial charge in [-0.3, -0.25) is 0 Å². The summed E-state index contributed by atoms with van der Waals surface area (Å²) < 4.78 is 45.4. The van der Waals surface area contributed by atoms with E-state index in [1.165, 1.54) is 13.2 Å². The van der Waals surface area contributed by atoms with Gasteiger partial charge in [-0.1, -0.05) is 25.1 Å². The second kappa shape index (κ2) is 9.90. The molecule has 0 heterocycles. The maximum Gasteiger partial charge on any atom is 0.240 e. The van der Waals surface area contributed by atoms with Crippen LogP contribution < -0.4 is 9.46 Å². The van der Waals surface area contributed by atoms with E-state index in [4.69, 9.17) is 9.84 Å². The molecule has 7 heteroatoms. The summed E-state index contributed by atoms with van der Waals surface area (Å²) in [5.74, 6) is 1.26. The van der Waals surface area contributed by atoms with Gasteiger partial charge < -0.3 is 9.84 Å². The third kappa shape index (κ3) is 5.39. The van der Waals surface area contributed by atoms with Crippen LogP contribution in [0.3, 0.4) is 0 Å². The predicted molar refractivity (Wildman–Crippen MR) is 115 cm³/mol. The van der Waals surface area contributed by atoms with Gasteiger partial charge >= 0.3 is 0 Å². The molecule has 2 aromatic rings. The highest BCUT2D eigenvalue weighted by atomic mass is 32.2. The lowest BCUT2D eigenvalue weighted by Gasteiger charge is -2.18. The highest BCUT2D eigenvalue weighted by Crippen LogP contribution is 2.42. The summed E-state index contributed by atoms with van der Waals surface area (Å²) >= 11 is 0. The number of sulfonamides is 1. The first kappa shape index (κ1) is 22.7. The van der Waals surface area contributed by atoms with Gasteiger partial charge in [-0.05, 0) is 78.8 Å². The molecule has 30 heavy (non-hydrogen) atoms. The number of aliphatic hydroxyl groups is 1. The van der Waals surface area contributed by atoms with Crippen molar-refractivity contribution in [3.8, 4) is 5.75 Å². The molecule has 0 aliphatic heterocycles. The number of ether oxygens (including phenoxy) is 1. The maximum absolute atomic E-state index is 13.7. The molecule has 1 unspecified atom stereocenters. The lowest BCUT2D eigenvalue weighted by atomic mass is 9.88. The van der Waals surface area contributed by atoms with E-state index in [0.717, 1.165) is 36.8 Å². The van der Waals surface area contributed by atoms with Crippen molar-refractivity contribution in [1.29, 1.82) is 0 Å². The van der Waals surface area contributed by atoms with Gasteiger partial charge in [-0.25, -0.2) is 17.5 Å². The lowest BCUT2D eigenvalue weighted by Crippen LogP contribution is -2.26. The van der Waals surface area contributed by atoms with E-state index in [2.05, 4.69) is 11.6 Å². The SMILES string of the molecule is COc1cc([C@@H](C)CC2CC[C@H](c3ccc(S(=O)(=O)NCCO)cc3)C2)ccc1F. The van der Waals surface area contributed by atoms with Crippen LogP contribution in [0, 0.1) is 11.7 Å². The van der Waals surface area contributed by atoms with Crippen LogP contribution in [0.4, 0.5) is 4.39 Å². The van der Waals surface area contributed by atoms with Crippen molar-refractivity contribution in [2.45, 2.75) is 49.3 Å². The van der Waals surface area contributed by atoms with Crippen molar-refractivity contribution in [3.63, 3.8) is 0 Å². The Bertz CT molecular complexity index is 946. The first-order chi connectivity index (χ1) is 14.3. The molecule has 0 spiro atoms. The number of hydrogen-bond acceptors (Lipinski definition) is 4. The van der Waals surface area contributed by atoms with Gasteiger partial charge in [0.05, 0.1) is 18.6 Å². The molecule has 3 atom stereocenters. The molecule has 0 bridgehead atoms. The number of hydrogen-bond donors (Lipinski definition) is 2. The van der Waals surface area contributed by atoms with E-state index < -0.39 is 10.0 Å². The molecular formula is C23H30FNO4S. The van der Waals surface area contributed by atoms with Gasteiger partial charge in [0, 0.05) is 6.54 Å². The molecule has 0 aromatic heterocycles. The Morgan fingerprint density at radius 1 is 1.20 bits per heavy atom. The lowest BCUT2D eigenvalue weighted by molar-refractivity contribution is 0.301. The van der Waals surface area contributed by atoms with Gasteiger partial charge in [0.15, 0.2) is 11.6 Å². The molecule has 1 saturated carbocycles. The molecule has 2 aromatic carbocycles. The van der Waals surface area contributed by atoms with Gasteiger partial charge in [0.1, 0.15) is 0 Å². The molecule has 0 amide bonds. The van der Waals surface area contributed by atoms with Gasteiger partial charge in [-0.2, -0.15) is 0 Å². The molecule has 3 rings (SSSR count). The minimum Gasteiger partial charge on any atom is -0.494 e. The fourth-order valence-corrected chi connectivity index (χ4v) is 5.41. The van der Waals surface area contributed by atoms with Crippen LogP contribution in [-0.2, 0) is 10.0 Å². The van der Waals surface area contributed by atoms with Crippen LogP contribution in [0.2, 0.25) is 0 Å². The van der Waals surface area contributed by atoms with Crippen molar-refractivity contribution < 1.29 is 22.7 Å². The molecular weight excluding hydrogens is 405 g/mol. The van der Waals surface area contributed by atoms with Crippen molar-refractivity contribution in [2.24, 2.45) is 5.92 Å². The van der Waals surface area contributed by atoms with E-state index in [9.17, 15) is 12.8 Å². The Labute approximate surface area is 178 Å². The van der Waals surface area contributed by atoms with Gasteiger partial charge in [0.25, 0.3) is 0 Å². The molecule has 1 fully saturated rings. The quantitative estimate of drug-likeness (QED) is 0.620. The van der Waals surface area contributed by atoms with E-state index >= 15 is 0 Å². The molecule has 0 saturated heterocycles. The Hall–Kier alpha value is -1.96. The fourth-order valence-electron chi connectivity index (χ4n) is 4.39. The largest absolute Gasteiger partial charge is 0.494 e. The van der Waals surface area contributed by atoms with Crippen LogP contribution in [0.25, 0.3) is 0 Å². The predicted octanol–water partition coefficient (Wildman–Crippen LogP) is 4.18. The molecule has 5 nitrogen and oxygen atoms in total. The second-order valence-corrected chi connectivity index (χ2v) is 9.86. The molecule has 1 aliphatic carbocycles. The molecule has 2 N–H and O–H groups in total. The van der Waals surface area contributed by atoms with Crippen molar-refractivity contribution >= 4 is 10.0 Å². The third-order valence-electron chi connectivity index (χ3n) is 6.04. The first-order valence-electron chi connectivity index (χ1n) is 10.4. The monoisotopic (exact) mass is 435 g/mol. The number of benzene rings is 2. The number of halogens is 1. The van der Waals surface area contributed by atoms with E-state index in [1.54, 1.807) is 18.2 Å². The van der Waals surface area contributed by atoms with Crippen molar-refractivity contribution in [2.75, 3.05) is 20.3 Å². The third-order valence-corrected chi connectivity index (χ3v) is 7.51. The van der Waals surface area contributed by atoms with Gasteiger partial charge in [0.2, 0.25) is 10.0 Å². The zero-order chi connectivity index (χ0) is 21.7. The first-order valence-corrected chi connectivity index (χ1v) is 11.9. The smallest absolute Gasteiger partial charge is 0.240 e. The van der Waals surface area contributed by atoms with Crippen LogP contribution in [0.5, 0.6) is 5.75 Å². The van der Waals surface area contributed by atoms with Crippen LogP contribution >= 0.6 is 0 Å². The van der Waals surface area contributed by atoms with E-state index in [0.29, 0.717) is 17.8 Å². The Morgan fingerprint density at radius 2 is 1.93 bits per heavy atom. The summed E-state index contributed by atoms with van der Waals surface area (Å²) in [5, 5.41) is 8.81. The molecule has 0 radical (unpaired) electrons. The summed E-state index contributed by atoms with van der Waals surface area (Å²) in [6, 6.07) is 12.2. The summed E-state index contributed by atoms with van der Waals surface area (Å²) in [5.41, 5.74) is 2.25. The number of aliphatic hydroxyl groups excluding tert-OH is 1. The topological polar surface area (TPSA) is 75.6 Å². The van der Waals surface area contributed by atoms with Crippen LogP contribution in [0.1, 0.15) is 55.6 Å². The Kier molecular flexibility index (Phi) is 7.50.